The van der Waals surface area contributed by atoms with Gasteiger partial charge >= 0.3 is 5.65 Å². The van der Waals surface area contributed by atoms with Crippen LogP contribution in [0.3, 0.4) is 0 Å². The molecule has 3 aromatic rings. The molecule has 0 radical (unpaired) electrons. The van der Waals surface area contributed by atoms with Gasteiger partial charge in [-0.25, -0.2) is 4.57 Å². The van der Waals surface area contributed by atoms with E-state index in [9.17, 15) is 24.3 Å². The van der Waals surface area contributed by atoms with Gasteiger partial charge in [0.2, 0.25) is 17.9 Å². The standard InChI is InChI=1S/C22H20N10O6S3/c23-22-27-17(29-41-22)14(28-38-11-7-39-8-11)18(34)26-15-19(35)31-16(21(36)37)10(6-40-20(15)31)4-30-5-12(24-9-33)32-13(30)2-1-3-25-32/h1-3,5,9,11,15,20H,4,6-8H2,(H4-,23,24,25,26,27,29,33,34,36,37)/b28-14-/t15-,20-/m1/s1. The lowest BCUT2D eigenvalue weighted by molar-refractivity contribution is -0.662. The molecule has 212 valence electrons. The van der Waals surface area contributed by atoms with E-state index in [1.807, 2.05) is 0 Å². The number of hydrogen-bond donors (Lipinski definition) is 3. The Morgan fingerprint density at radius 2 is 2.20 bits per heavy atom. The number of nitrogen functional groups attached to an aromatic ring is 1. The number of hydrogen-bond acceptors (Lipinski definition) is 14. The first-order valence-electron chi connectivity index (χ1n) is 12.0. The molecule has 3 amide bonds. The van der Waals surface area contributed by atoms with Gasteiger partial charge < -0.3 is 25.8 Å². The van der Waals surface area contributed by atoms with Crippen molar-refractivity contribution < 1.29 is 33.7 Å². The highest BCUT2D eigenvalue weighted by Gasteiger charge is 2.53. The fraction of sp³-hybridized carbons (Fsp3) is 0.318. The first-order chi connectivity index (χ1) is 19.9. The molecule has 3 aromatic heterocycles. The molecule has 3 aliphatic rings. The minimum atomic E-state index is -1.52. The lowest BCUT2D eigenvalue weighted by Gasteiger charge is -2.50. The van der Waals surface area contributed by atoms with E-state index in [-0.39, 0.29) is 40.8 Å². The summed E-state index contributed by atoms with van der Waals surface area (Å²) in [4.78, 5) is 60.2. The van der Waals surface area contributed by atoms with E-state index in [0.717, 1.165) is 27.9 Å². The molecular formula is C22H20N10O6S3. The maximum Gasteiger partial charge on any atom is 0.309 e. The van der Waals surface area contributed by atoms with Crippen LogP contribution in [0.1, 0.15) is 5.82 Å². The van der Waals surface area contributed by atoms with E-state index in [1.165, 1.54) is 16.3 Å². The normalized spacial score (nSPS) is 20.7. The third-order valence-electron chi connectivity index (χ3n) is 6.40. The van der Waals surface area contributed by atoms with Crippen LogP contribution in [0.2, 0.25) is 0 Å². The first-order valence-corrected chi connectivity index (χ1v) is 15.0. The number of anilines is 2. The maximum atomic E-state index is 13.2. The van der Waals surface area contributed by atoms with Crippen molar-refractivity contribution in [3.8, 4) is 0 Å². The molecule has 16 nitrogen and oxygen atoms in total. The summed E-state index contributed by atoms with van der Waals surface area (Å²) >= 11 is 3.84. The van der Waals surface area contributed by atoms with E-state index >= 15 is 0 Å². The van der Waals surface area contributed by atoms with Crippen molar-refractivity contribution in [3.63, 3.8) is 0 Å². The van der Waals surface area contributed by atoms with E-state index in [0.29, 0.717) is 23.4 Å². The molecule has 2 atom stereocenters. The highest BCUT2D eigenvalue weighted by molar-refractivity contribution is 8.00. The molecule has 0 aromatic carbocycles. The van der Waals surface area contributed by atoms with Crippen LogP contribution in [-0.2, 0) is 30.6 Å². The number of β-lactam (4-membered cyclic amide) rings is 1. The second-order valence-corrected chi connectivity index (χ2v) is 11.9. The molecule has 19 heteroatoms. The van der Waals surface area contributed by atoms with Crippen LogP contribution in [0.4, 0.5) is 10.9 Å². The van der Waals surface area contributed by atoms with Crippen LogP contribution in [0.25, 0.3) is 5.65 Å². The Kier molecular flexibility index (Phi) is 7.22. The summed E-state index contributed by atoms with van der Waals surface area (Å²) in [5.41, 5.74) is 6.18. The van der Waals surface area contributed by atoms with Gasteiger partial charge in [-0.15, -0.1) is 11.8 Å². The Morgan fingerprint density at radius 1 is 1.37 bits per heavy atom. The van der Waals surface area contributed by atoms with Gasteiger partial charge in [0.15, 0.2) is 11.3 Å². The number of imidazole rings is 1. The SMILES string of the molecule is Nc1nc(/C(=N/OC2CSC2)C(=O)N[C@@H]2C(=O)N3C(C(=O)[O-])=C(C[n+]4cc(NC=O)n5ncccc54)CS[C@H]23)ns1. The lowest BCUT2D eigenvalue weighted by Crippen LogP contribution is -2.71. The minimum absolute atomic E-state index is 0.0377. The highest BCUT2D eigenvalue weighted by Crippen LogP contribution is 2.40. The number of amides is 3. The number of carboxylic acid groups (broad SMARTS) is 1. The number of nitrogens with two attached hydrogens (primary N) is 1. The molecule has 0 unspecified atom stereocenters. The monoisotopic (exact) mass is 616 g/mol. The van der Waals surface area contributed by atoms with Gasteiger partial charge in [-0.05, 0) is 6.07 Å². The second-order valence-electron chi connectivity index (χ2n) is 8.96. The Balaban J connectivity index is 1.23. The molecule has 3 aliphatic heterocycles. The molecule has 0 aliphatic carbocycles. The van der Waals surface area contributed by atoms with Crippen LogP contribution in [0.15, 0.2) is 41.0 Å². The van der Waals surface area contributed by atoms with Gasteiger partial charge in [-0.3, -0.25) is 24.6 Å². The van der Waals surface area contributed by atoms with E-state index < -0.39 is 29.2 Å². The van der Waals surface area contributed by atoms with Crippen LogP contribution in [-0.4, -0.2) is 88.6 Å². The number of aliphatic carboxylic acids is 1. The van der Waals surface area contributed by atoms with Crippen molar-refractivity contribution in [2.75, 3.05) is 28.3 Å². The Hall–Kier alpha value is -4.23. The minimum Gasteiger partial charge on any atom is -0.543 e. The predicted octanol–water partition coefficient (Wildman–Crippen LogP) is -2.44. The molecule has 6 rings (SSSR count). The van der Waals surface area contributed by atoms with Gasteiger partial charge in [-0.2, -0.15) is 21.1 Å². The number of rotatable bonds is 10. The van der Waals surface area contributed by atoms with Gasteiger partial charge in [0.1, 0.15) is 24.1 Å². The van der Waals surface area contributed by atoms with Crippen molar-refractivity contribution in [2.45, 2.75) is 24.1 Å². The number of aromatic nitrogens is 5. The van der Waals surface area contributed by atoms with Crippen molar-refractivity contribution in [1.82, 2.24) is 29.2 Å². The molecule has 0 spiro atoms. The number of oxime groups is 1. The number of nitrogens with one attached hydrogen (secondary N) is 2. The van der Waals surface area contributed by atoms with E-state index in [2.05, 4.69) is 30.2 Å². The Bertz CT molecular complexity index is 1630. The average molecular weight is 617 g/mol. The number of fused-ring (bicyclic) bond motifs is 2. The van der Waals surface area contributed by atoms with Crippen molar-refractivity contribution in [3.05, 3.63) is 41.6 Å². The fourth-order valence-corrected chi connectivity index (χ4v) is 6.77. The second kappa shape index (κ2) is 11.0. The van der Waals surface area contributed by atoms with Crippen LogP contribution >= 0.6 is 35.1 Å². The summed E-state index contributed by atoms with van der Waals surface area (Å²) < 4.78 is 7.23. The Morgan fingerprint density at radius 3 is 2.88 bits per heavy atom. The number of thioether (sulfide) groups is 2. The summed E-state index contributed by atoms with van der Waals surface area (Å²) in [7, 11) is 0. The summed E-state index contributed by atoms with van der Waals surface area (Å²) in [6.07, 6.45) is 3.51. The number of carbonyl (C=O) groups excluding carboxylic acids is 4. The van der Waals surface area contributed by atoms with Gasteiger partial charge in [0.05, 0.1) is 17.9 Å². The molecule has 0 saturated carbocycles. The molecule has 2 fully saturated rings. The van der Waals surface area contributed by atoms with Crippen LogP contribution in [0.5, 0.6) is 0 Å². The summed E-state index contributed by atoms with van der Waals surface area (Å²) in [5.74, 6) is -0.866. The first kappa shape index (κ1) is 27.0. The van der Waals surface area contributed by atoms with Gasteiger partial charge in [0, 0.05) is 40.4 Å². The fourth-order valence-electron chi connectivity index (χ4n) is 4.45. The number of carbonyl (C=O) groups is 4. The molecule has 4 N–H and O–H groups in total. The zero-order chi connectivity index (χ0) is 28.7. The predicted molar refractivity (Wildman–Crippen MR) is 145 cm³/mol. The maximum absolute atomic E-state index is 13.2. The van der Waals surface area contributed by atoms with Crippen molar-refractivity contribution in [2.24, 2.45) is 5.16 Å². The van der Waals surface area contributed by atoms with Crippen LogP contribution in [0, 0.1) is 0 Å². The molecule has 2 saturated heterocycles. The van der Waals surface area contributed by atoms with Crippen molar-refractivity contribution >= 4 is 81.6 Å². The Labute approximate surface area is 243 Å². The number of carboxylic acids is 1. The summed E-state index contributed by atoms with van der Waals surface area (Å²) in [5, 5.41) is 25.0. The average Bonchev–Trinajstić information content (AvgIpc) is 3.51. The molecule has 0 bridgehead atoms. The quantitative estimate of drug-likeness (QED) is 0.0713. The van der Waals surface area contributed by atoms with Crippen LogP contribution < -0.4 is 26.0 Å². The van der Waals surface area contributed by atoms with E-state index in [4.69, 9.17) is 10.6 Å². The largest absolute Gasteiger partial charge is 0.543 e. The van der Waals surface area contributed by atoms with Crippen molar-refractivity contribution in [1.29, 1.82) is 0 Å². The lowest BCUT2D eigenvalue weighted by atomic mass is 10.0. The van der Waals surface area contributed by atoms with Gasteiger partial charge in [-0.1, -0.05) is 14.8 Å². The molecule has 41 heavy (non-hydrogen) atoms. The molecule has 6 heterocycles. The smallest absolute Gasteiger partial charge is 0.309 e. The zero-order valence-electron chi connectivity index (χ0n) is 20.8. The third-order valence-corrected chi connectivity index (χ3v) is 9.49. The topological polar surface area (TPSA) is 213 Å². The van der Waals surface area contributed by atoms with Gasteiger partial charge in [0.25, 0.3) is 17.6 Å². The molecular weight excluding hydrogens is 597 g/mol. The van der Waals surface area contributed by atoms with E-state index in [1.54, 1.807) is 40.9 Å². The highest BCUT2D eigenvalue weighted by atomic mass is 32.2. The third kappa shape index (κ3) is 4.95. The zero-order valence-corrected chi connectivity index (χ0v) is 23.3. The summed E-state index contributed by atoms with van der Waals surface area (Å²) in [6, 6.07) is 2.42. The number of nitrogens with zero attached hydrogens (tertiary/aromatic N) is 7. The summed E-state index contributed by atoms with van der Waals surface area (Å²) in [6.45, 7) is 0.0874.